The van der Waals surface area contributed by atoms with Crippen LogP contribution in [-0.4, -0.2) is 18.9 Å². The predicted molar refractivity (Wildman–Crippen MR) is 54.6 cm³/mol. The van der Waals surface area contributed by atoms with Crippen LogP contribution in [0.25, 0.3) is 0 Å². The van der Waals surface area contributed by atoms with Crippen molar-refractivity contribution in [1.29, 1.82) is 0 Å². The second kappa shape index (κ2) is 3.57. The van der Waals surface area contributed by atoms with Gasteiger partial charge in [0.05, 0.1) is 12.8 Å². The quantitative estimate of drug-likeness (QED) is 0.677. The lowest BCUT2D eigenvalue weighted by atomic mass is 10.3. The maximum Gasteiger partial charge on any atom is 0.258 e. The maximum absolute atomic E-state index is 11.4. The average Bonchev–Trinajstić information content (AvgIpc) is 2.59. The van der Waals surface area contributed by atoms with Crippen LogP contribution >= 0.6 is 0 Å². The van der Waals surface area contributed by atoms with Crippen molar-refractivity contribution < 1.29 is 14.3 Å². The number of carbonyl (C=O) groups excluding carboxylic acids is 2. The largest absolute Gasteiger partial charge is 0.497 e. The van der Waals surface area contributed by atoms with E-state index in [-0.39, 0.29) is 11.8 Å². The minimum atomic E-state index is -0.326. The van der Waals surface area contributed by atoms with E-state index >= 15 is 0 Å². The van der Waals surface area contributed by atoms with Gasteiger partial charge in [-0.1, -0.05) is 6.07 Å². The molecule has 1 heterocycles. The summed E-state index contributed by atoms with van der Waals surface area (Å²) < 4.78 is 5.02. The lowest BCUT2D eigenvalue weighted by Gasteiger charge is -2.14. The van der Waals surface area contributed by atoms with Gasteiger partial charge in [0.15, 0.2) is 0 Å². The first-order chi connectivity index (χ1) is 7.22. The zero-order chi connectivity index (χ0) is 10.8. The minimum absolute atomic E-state index is 0.326. The van der Waals surface area contributed by atoms with Gasteiger partial charge in [0.25, 0.3) is 11.8 Å². The van der Waals surface area contributed by atoms with Crippen LogP contribution < -0.4 is 9.64 Å². The van der Waals surface area contributed by atoms with Gasteiger partial charge in [-0.25, -0.2) is 4.90 Å². The van der Waals surface area contributed by atoms with Crippen molar-refractivity contribution in [3.63, 3.8) is 0 Å². The normalized spacial score (nSPS) is 14.9. The molecule has 0 radical (unpaired) electrons. The molecule has 0 unspecified atom stereocenters. The Morgan fingerprint density at radius 2 is 1.80 bits per heavy atom. The van der Waals surface area contributed by atoms with Crippen LogP contribution in [0.5, 0.6) is 5.75 Å². The number of rotatable bonds is 2. The standard InChI is InChI=1S/C11H9NO3/c1-15-9-4-2-3-8(7-9)12-10(13)5-6-11(12)14/h2-7H,1H3. The first-order valence-corrected chi connectivity index (χ1v) is 4.42. The molecule has 2 amide bonds. The van der Waals surface area contributed by atoms with Crippen LogP contribution in [0.15, 0.2) is 36.4 Å². The van der Waals surface area contributed by atoms with Gasteiger partial charge in [0, 0.05) is 18.2 Å². The van der Waals surface area contributed by atoms with Gasteiger partial charge in [-0.2, -0.15) is 0 Å². The Hall–Kier alpha value is -2.10. The molecule has 76 valence electrons. The fourth-order valence-electron chi connectivity index (χ4n) is 1.40. The summed E-state index contributed by atoms with van der Waals surface area (Å²) in [5.74, 6) is -0.0403. The van der Waals surface area contributed by atoms with E-state index in [0.717, 1.165) is 4.90 Å². The second-order valence-electron chi connectivity index (χ2n) is 3.05. The Morgan fingerprint density at radius 3 is 2.40 bits per heavy atom. The number of anilines is 1. The molecular formula is C11H9NO3. The highest BCUT2D eigenvalue weighted by Crippen LogP contribution is 2.23. The van der Waals surface area contributed by atoms with Crippen molar-refractivity contribution in [1.82, 2.24) is 0 Å². The van der Waals surface area contributed by atoms with Crippen LogP contribution in [-0.2, 0) is 9.59 Å². The summed E-state index contributed by atoms with van der Waals surface area (Å²) in [6.45, 7) is 0. The van der Waals surface area contributed by atoms with Gasteiger partial charge in [-0.05, 0) is 12.1 Å². The molecule has 0 spiro atoms. The molecule has 0 aromatic heterocycles. The topological polar surface area (TPSA) is 46.6 Å². The molecule has 2 rings (SSSR count). The molecule has 0 N–H and O–H groups in total. The summed E-state index contributed by atoms with van der Waals surface area (Å²) in [5, 5.41) is 0. The van der Waals surface area contributed by atoms with E-state index in [1.807, 2.05) is 0 Å². The monoisotopic (exact) mass is 203 g/mol. The van der Waals surface area contributed by atoms with Crippen molar-refractivity contribution in [3.8, 4) is 5.75 Å². The average molecular weight is 203 g/mol. The lowest BCUT2D eigenvalue weighted by molar-refractivity contribution is -0.119. The van der Waals surface area contributed by atoms with E-state index in [1.54, 1.807) is 24.3 Å². The number of hydrogen-bond donors (Lipinski definition) is 0. The molecule has 0 saturated carbocycles. The zero-order valence-electron chi connectivity index (χ0n) is 8.14. The van der Waals surface area contributed by atoms with Crippen molar-refractivity contribution in [2.24, 2.45) is 0 Å². The van der Waals surface area contributed by atoms with Crippen LogP contribution in [0.2, 0.25) is 0 Å². The molecule has 4 nitrogen and oxygen atoms in total. The molecule has 0 fully saturated rings. The molecule has 0 bridgehead atoms. The summed E-state index contributed by atoms with van der Waals surface area (Å²) in [6.07, 6.45) is 2.50. The van der Waals surface area contributed by atoms with Crippen LogP contribution in [0.4, 0.5) is 5.69 Å². The number of ether oxygens (including phenoxy) is 1. The Kier molecular flexibility index (Phi) is 2.25. The van der Waals surface area contributed by atoms with E-state index in [0.29, 0.717) is 11.4 Å². The van der Waals surface area contributed by atoms with Gasteiger partial charge >= 0.3 is 0 Å². The highest BCUT2D eigenvalue weighted by Gasteiger charge is 2.25. The van der Waals surface area contributed by atoms with E-state index in [1.165, 1.54) is 19.3 Å². The van der Waals surface area contributed by atoms with Crippen molar-refractivity contribution >= 4 is 17.5 Å². The van der Waals surface area contributed by atoms with Gasteiger partial charge in [-0.3, -0.25) is 9.59 Å². The number of benzene rings is 1. The third-order valence-electron chi connectivity index (χ3n) is 2.12. The predicted octanol–water partition coefficient (Wildman–Crippen LogP) is 1.12. The number of methoxy groups -OCH3 is 1. The molecular weight excluding hydrogens is 194 g/mol. The summed E-state index contributed by atoms with van der Waals surface area (Å²) in [6, 6.07) is 6.81. The SMILES string of the molecule is COc1cccc(N2C(=O)C=CC2=O)c1. The summed E-state index contributed by atoms with van der Waals surface area (Å²) in [5.41, 5.74) is 0.523. The number of imide groups is 1. The molecule has 4 heteroatoms. The Labute approximate surface area is 86.8 Å². The number of amides is 2. The van der Waals surface area contributed by atoms with Gasteiger partial charge < -0.3 is 4.74 Å². The molecule has 1 aliphatic heterocycles. The summed E-state index contributed by atoms with van der Waals surface area (Å²) >= 11 is 0. The first-order valence-electron chi connectivity index (χ1n) is 4.42. The molecule has 0 atom stereocenters. The van der Waals surface area contributed by atoms with Crippen LogP contribution in [0, 0.1) is 0 Å². The van der Waals surface area contributed by atoms with Gasteiger partial charge in [0.2, 0.25) is 0 Å². The third-order valence-corrected chi connectivity index (χ3v) is 2.12. The zero-order valence-corrected chi connectivity index (χ0v) is 8.14. The number of nitrogens with zero attached hydrogens (tertiary/aromatic N) is 1. The highest BCUT2D eigenvalue weighted by molar-refractivity contribution is 6.28. The lowest BCUT2D eigenvalue weighted by Crippen LogP contribution is -2.29. The second-order valence-corrected chi connectivity index (χ2v) is 3.05. The molecule has 1 aromatic carbocycles. The summed E-state index contributed by atoms with van der Waals surface area (Å²) in [4.78, 5) is 23.8. The molecule has 0 aliphatic carbocycles. The van der Waals surface area contributed by atoms with E-state index in [9.17, 15) is 9.59 Å². The molecule has 0 saturated heterocycles. The summed E-state index contributed by atoms with van der Waals surface area (Å²) in [7, 11) is 1.53. The highest BCUT2D eigenvalue weighted by atomic mass is 16.5. The smallest absolute Gasteiger partial charge is 0.258 e. The van der Waals surface area contributed by atoms with E-state index in [2.05, 4.69) is 0 Å². The molecule has 1 aromatic rings. The first kappa shape index (κ1) is 9.45. The number of hydrogen-bond acceptors (Lipinski definition) is 3. The minimum Gasteiger partial charge on any atom is -0.497 e. The Balaban J connectivity index is 2.37. The fraction of sp³-hybridized carbons (Fsp3) is 0.0909. The fourth-order valence-corrected chi connectivity index (χ4v) is 1.40. The van der Waals surface area contributed by atoms with Crippen molar-refractivity contribution in [2.45, 2.75) is 0 Å². The van der Waals surface area contributed by atoms with E-state index in [4.69, 9.17) is 4.74 Å². The van der Waals surface area contributed by atoms with Gasteiger partial charge in [-0.15, -0.1) is 0 Å². The van der Waals surface area contributed by atoms with Crippen LogP contribution in [0.1, 0.15) is 0 Å². The number of carbonyl (C=O) groups is 2. The van der Waals surface area contributed by atoms with E-state index < -0.39 is 0 Å². The molecule has 15 heavy (non-hydrogen) atoms. The maximum atomic E-state index is 11.4. The Morgan fingerprint density at radius 1 is 1.13 bits per heavy atom. The van der Waals surface area contributed by atoms with Crippen molar-refractivity contribution in [3.05, 3.63) is 36.4 Å². The van der Waals surface area contributed by atoms with Crippen LogP contribution in [0.3, 0.4) is 0 Å². The Bertz CT molecular complexity index is 433. The van der Waals surface area contributed by atoms with Crippen molar-refractivity contribution in [2.75, 3.05) is 12.0 Å². The molecule has 1 aliphatic rings. The van der Waals surface area contributed by atoms with Gasteiger partial charge in [0.1, 0.15) is 5.75 Å². The third kappa shape index (κ3) is 1.61.